The van der Waals surface area contributed by atoms with E-state index in [0.29, 0.717) is 23.0 Å². The van der Waals surface area contributed by atoms with Crippen molar-refractivity contribution in [3.05, 3.63) is 64.3 Å². The maximum atomic E-state index is 13.6. The van der Waals surface area contributed by atoms with E-state index in [9.17, 15) is 28.8 Å². The Hall–Kier alpha value is -4.74. The van der Waals surface area contributed by atoms with Crippen molar-refractivity contribution >= 4 is 46.1 Å². The Balaban J connectivity index is 1.04. The quantitative estimate of drug-likeness (QED) is 0.220. The number of nitrogens with zero attached hydrogens (tertiary/aromatic N) is 1. The van der Waals surface area contributed by atoms with Gasteiger partial charge in [0.2, 0.25) is 17.6 Å². The summed E-state index contributed by atoms with van der Waals surface area (Å²) in [5.41, 5.74) is 0.0580. The van der Waals surface area contributed by atoms with Gasteiger partial charge in [-0.25, -0.2) is 0 Å². The predicted molar refractivity (Wildman–Crippen MR) is 190 cm³/mol. The molecule has 270 valence electrons. The number of likely N-dealkylation sites (N-methyl/N-ethyl adjacent to an activating group) is 1. The maximum absolute atomic E-state index is 13.6. The molecule has 8 rings (SSSR count). The number of pyridine rings is 1. The van der Waals surface area contributed by atoms with Crippen LogP contribution in [-0.2, 0) is 25.7 Å². The Morgan fingerprint density at radius 1 is 0.961 bits per heavy atom. The van der Waals surface area contributed by atoms with E-state index in [1.165, 1.54) is 43.1 Å². The van der Waals surface area contributed by atoms with Gasteiger partial charge in [-0.2, -0.15) is 0 Å². The van der Waals surface area contributed by atoms with Gasteiger partial charge >= 0.3 is 0 Å². The Morgan fingerprint density at radius 2 is 1.65 bits per heavy atom. The molecule has 5 unspecified atom stereocenters. The van der Waals surface area contributed by atoms with Crippen molar-refractivity contribution in [3.8, 4) is 0 Å². The summed E-state index contributed by atoms with van der Waals surface area (Å²) in [6.45, 7) is 6.10. The van der Waals surface area contributed by atoms with Gasteiger partial charge in [0.1, 0.15) is 23.9 Å². The van der Waals surface area contributed by atoms with Crippen molar-refractivity contribution in [3.63, 3.8) is 0 Å². The third kappa shape index (κ3) is 6.49. The molecule has 0 radical (unpaired) electrons. The second kappa shape index (κ2) is 13.4. The number of furan rings is 1. The Morgan fingerprint density at radius 3 is 2.33 bits per heavy atom. The number of carbonyl (C=O) groups is 5. The molecule has 4 N–H and O–H groups in total. The zero-order valence-corrected chi connectivity index (χ0v) is 29.6. The average molecular weight is 698 g/mol. The molecule has 3 aromatic rings. The fourth-order valence-corrected chi connectivity index (χ4v) is 10.4. The smallest absolute Gasteiger partial charge is 0.287 e. The van der Waals surface area contributed by atoms with Crippen LogP contribution < -0.4 is 26.8 Å². The monoisotopic (exact) mass is 697 g/mol. The molecule has 12 nitrogen and oxygen atoms in total. The highest BCUT2D eigenvalue weighted by Crippen LogP contribution is 2.66. The molecule has 5 saturated carbocycles. The minimum absolute atomic E-state index is 0.00426. The summed E-state index contributed by atoms with van der Waals surface area (Å²) >= 11 is 0. The third-order valence-electron chi connectivity index (χ3n) is 12.6. The molecule has 5 aliphatic rings. The summed E-state index contributed by atoms with van der Waals surface area (Å²) in [4.78, 5) is 78.2. The van der Waals surface area contributed by atoms with Gasteiger partial charge in [-0.1, -0.05) is 25.1 Å². The first-order valence-electron chi connectivity index (χ1n) is 18.2. The summed E-state index contributed by atoms with van der Waals surface area (Å²) in [6, 6.07) is 8.81. The van der Waals surface area contributed by atoms with Crippen LogP contribution in [0.2, 0.25) is 0 Å². The van der Waals surface area contributed by atoms with Crippen LogP contribution in [0.4, 0.5) is 5.69 Å². The van der Waals surface area contributed by atoms with Crippen molar-refractivity contribution in [1.82, 2.24) is 20.5 Å². The van der Waals surface area contributed by atoms with Gasteiger partial charge in [0.15, 0.2) is 5.76 Å². The minimum atomic E-state index is -1.30. The van der Waals surface area contributed by atoms with Gasteiger partial charge < -0.3 is 30.3 Å². The molecule has 51 heavy (non-hydrogen) atoms. The van der Waals surface area contributed by atoms with Crippen molar-refractivity contribution in [2.24, 2.45) is 41.4 Å². The molecule has 4 amide bonds. The van der Waals surface area contributed by atoms with E-state index in [1.54, 1.807) is 25.1 Å². The number of amides is 4. The van der Waals surface area contributed by atoms with Crippen LogP contribution >= 0.6 is 0 Å². The molecule has 12 heteroatoms. The number of hydrogen-bond donors (Lipinski definition) is 4. The van der Waals surface area contributed by atoms with Gasteiger partial charge in [0.05, 0.1) is 0 Å². The Labute approximate surface area is 296 Å². The molecule has 5 aliphatic carbocycles. The van der Waals surface area contributed by atoms with Crippen LogP contribution in [0.15, 0.2) is 51.8 Å². The molecule has 5 atom stereocenters. The average Bonchev–Trinajstić information content (AvgIpc) is 3.45. The summed E-state index contributed by atoms with van der Waals surface area (Å²) in [6.07, 6.45) is 6.84. The van der Waals surface area contributed by atoms with E-state index in [0.717, 1.165) is 47.8 Å². The number of aromatic nitrogens is 1. The fraction of sp³-hybridized carbons (Fsp3) is 0.538. The van der Waals surface area contributed by atoms with Gasteiger partial charge in [0, 0.05) is 36.2 Å². The van der Waals surface area contributed by atoms with Crippen molar-refractivity contribution in [2.75, 3.05) is 12.4 Å². The predicted octanol–water partition coefficient (Wildman–Crippen LogP) is 3.95. The standard InChI is InChI=1S/C39H47N5O7/c1-20-24-14-22-15-25(20)28-18-39(3,17-27(24)26(28)16-22)43-33(46)19-44-13-7-9-30(38(44)50)42-35(47)29(11-12-31(45)36(48)40-4)41-37(49)34-21(2)23-8-5-6-10-32(23)51-34/h5-10,13,20,22,24-29H,11-12,14-19H2,1-4H3,(H,40,48)(H,41,49)(H,42,47)(H,43,46). The number of nitrogens with one attached hydrogen (secondary N) is 4. The van der Waals surface area contributed by atoms with Gasteiger partial charge in [-0.15, -0.1) is 0 Å². The number of rotatable bonds is 11. The number of para-hydroxylation sites is 1. The summed E-state index contributed by atoms with van der Waals surface area (Å²) in [7, 11) is 1.32. The second-order valence-electron chi connectivity index (χ2n) is 15.7. The number of carbonyl (C=O) groups excluding carboxylic acids is 5. The van der Waals surface area contributed by atoms with Crippen LogP contribution in [0.1, 0.15) is 74.9 Å². The highest BCUT2D eigenvalue weighted by Gasteiger charge is 2.61. The number of hydrogen-bond acceptors (Lipinski definition) is 7. The highest BCUT2D eigenvalue weighted by atomic mass is 16.3. The first-order chi connectivity index (χ1) is 24.4. The number of fused-ring (bicyclic) bond motifs is 1. The van der Waals surface area contributed by atoms with E-state index in [1.807, 2.05) is 12.1 Å². The molecular formula is C39H47N5O7. The molecule has 1 aromatic carbocycles. The number of ketones is 1. The van der Waals surface area contributed by atoms with Crippen molar-refractivity contribution in [2.45, 2.75) is 83.8 Å². The molecule has 0 aliphatic heterocycles. The molecule has 0 saturated heterocycles. The normalized spacial score (nSPS) is 29.3. The lowest BCUT2D eigenvalue weighted by atomic mass is 9.40. The molecular weight excluding hydrogens is 650 g/mol. The number of benzene rings is 1. The third-order valence-corrected chi connectivity index (χ3v) is 12.6. The Bertz CT molecular complexity index is 1930. The maximum Gasteiger partial charge on any atom is 0.287 e. The lowest BCUT2D eigenvalue weighted by Gasteiger charge is -2.66. The minimum Gasteiger partial charge on any atom is -0.451 e. The SMILES string of the molecule is CNC(=O)C(=O)CCC(NC(=O)c1oc2ccccc2c1C)C(=O)Nc1cccn(CC(=O)NC2(C)CC3C4CC5CC(C4C)C(C2)C3C5)c1=O. The first kappa shape index (κ1) is 34.7. The zero-order valence-electron chi connectivity index (χ0n) is 29.6. The summed E-state index contributed by atoms with van der Waals surface area (Å²) in [5.74, 6) is 1.86. The van der Waals surface area contributed by atoms with Crippen LogP contribution in [0, 0.1) is 48.3 Å². The van der Waals surface area contributed by atoms with Crippen LogP contribution in [0.25, 0.3) is 11.0 Å². The van der Waals surface area contributed by atoms with Crippen molar-refractivity contribution < 1.29 is 28.4 Å². The van der Waals surface area contributed by atoms with Gasteiger partial charge in [-0.3, -0.25) is 28.8 Å². The largest absolute Gasteiger partial charge is 0.451 e. The summed E-state index contributed by atoms with van der Waals surface area (Å²) in [5, 5.41) is 11.5. The van der Waals surface area contributed by atoms with E-state index in [2.05, 4.69) is 35.1 Å². The topological polar surface area (TPSA) is 169 Å². The Kier molecular flexibility index (Phi) is 9.14. The van der Waals surface area contributed by atoms with E-state index in [4.69, 9.17) is 4.42 Å². The fourth-order valence-electron chi connectivity index (χ4n) is 10.4. The van der Waals surface area contributed by atoms with Gasteiger partial charge in [-0.05, 0) is 112 Å². The zero-order chi connectivity index (χ0) is 36.2. The number of aryl methyl sites for hydroxylation is 1. The summed E-state index contributed by atoms with van der Waals surface area (Å²) < 4.78 is 7.02. The number of anilines is 1. The molecule has 5 fully saturated rings. The van der Waals surface area contributed by atoms with Crippen LogP contribution in [0.3, 0.4) is 0 Å². The molecule has 2 aromatic heterocycles. The second-order valence-corrected chi connectivity index (χ2v) is 15.7. The van der Waals surface area contributed by atoms with Crippen LogP contribution in [-0.4, -0.2) is 52.6 Å². The van der Waals surface area contributed by atoms with Gasteiger partial charge in [0.25, 0.3) is 17.4 Å². The highest BCUT2D eigenvalue weighted by molar-refractivity contribution is 6.36. The van der Waals surface area contributed by atoms with Crippen molar-refractivity contribution in [1.29, 1.82) is 0 Å². The van der Waals surface area contributed by atoms with E-state index < -0.39 is 35.1 Å². The molecule has 6 bridgehead atoms. The van der Waals surface area contributed by atoms with E-state index in [-0.39, 0.29) is 42.3 Å². The van der Waals surface area contributed by atoms with E-state index >= 15 is 0 Å². The van der Waals surface area contributed by atoms with Crippen LogP contribution in [0.5, 0.6) is 0 Å². The molecule has 2 heterocycles. The lowest BCUT2D eigenvalue weighted by molar-refractivity contribution is -0.165. The lowest BCUT2D eigenvalue weighted by Crippen LogP contribution is -2.64. The first-order valence-corrected chi connectivity index (χ1v) is 18.2. The molecule has 0 spiro atoms. The number of Topliss-reactive ketones (excluding diaryl/α,β-unsaturated/α-hetero) is 1.